The van der Waals surface area contributed by atoms with Crippen LogP contribution in [0.3, 0.4) is 0 Å². The van der Waals surface area contributed by atoms with E-state index < -0.39 is 0 Å². The van der Waals surface area contributed by atoms with Crippen molar-refractivity contribution in [3.05, 3.63) is 59.3 Å². The highest BCUT2D eigenvalue weighted by molar-refractivity contribution is 7.98. The molecular weight excluding hydrogens is 258 g/mol. The van der Waals surface area contributed by atoms with E-state index in [9.17, 15) is 0 Å². The molecule has 0 saturated heterocycles. The maximum Gasteiger partial charge on any atom is 0.171 e. The van der Waals surface area contributed by atoms with Gasteiger partial charge in [-0.25, -0.2) is 4.98 Å². The van der Waals surface area contributed by atoms with Gasteiger partial charge in [0.25, 0.3) is 0 Å². The maximum atomic E-state index is 8.57. The van der Waals surface area contributed by atoms with Gasteiger partial charge in [0, 0.05) is 17.5 Å². The quantitative estimate of drug-likeness (QED) is 0.295. The predicted octanol–water partition coefficient (Wildman–Crippen LogP) is 2.78. The number of thioether (sulfide) groups is 1. The molecule has 19 heavy (non-hydrogen) atoms. The lowest BCUT2D eigenvalue weighted by molar-refractivity contribution is 0.318. The van der Waals surface area contributed by atoms with E-state index in [4.69, 9.17) is 10.9 Å². The van der Waals surface area contributed by atoms with Crippen LogP contribution < -0.4 is 5.73 Å². The summed E-state index contributed by atoms with van der Waals surface area (Å²) in [5.41, 5.74) is 8.62. The minimum absolute atomic E-state index is 0.0720. The summed E-state index contributed by atoms with van der Waals surface area (Å²) in [7, 11) is 0. The average Bonchev–Trinajstić information content (AvgIpc) is 2.45. The third-order valence-electron chi connectivity index (χ3n) is 2.61. The first-order valence-electron chi connectivity index (χ1n) is 5.81. The topological polar surface area (TPSA) is 71.5 Å². The highest BCUT2D eigenvalue weighted by Gasteiger charge is 2.01. The van der Waals surface area contributed by atoms with Crippen molar-refractivity contribution in [3.8, 4) is 0 Å². The average molecular weight is 273 g/mol. The smallest absolute Gasteiger partial charge is 0.171 e. The molecule has 0 atom stereocenters. The van der Waals surface area contributed by atoms with Gasteiger partial charge >= 0.3 is 0 Å². The fourth-order valence-corrected chi connectivity index (χ4v) is 2.42. The summed E-state index contributed by atoms with van der Waals surface area (Å²) in [6.45, 7) is 2.08. The highest BCUT2D eigenvalue weighted by Crippen LogP contribution is 2.21. The van der Waals surface area contributed by atoms with Crippen LogP contribution in [0.2, 0.25) is 0 Å². The van der Waals surface area contributed by atoms with E-state index in [1.165, 1.54) is 11.1 Å². The van der Waals surface area contributed by atoms with E-state index in [2.05, 4.69) is 41.3 Å². The second kappa shape index (κ2) is 6.24. The standard InChI is InChI=1S/C14H15N3OS/c1-10-3-2-4-11(7-10)9-19-13-6-5-12(8-16-13)14(15)17-18/h2-8,18H,9H2,1H3,(H2,15,17). The molecule has 0 radical (unpaired) electrons. The third-order valence-corrected chi connectivity index (χ3v) is 3.62. The molecule has 98 valence electrons. The highest BCUT2D eigenvalue weighted by atomic mass is 32.2. The van der Waals surface area contributed by atoms with E-state index >= 15 is 0 Å². The molecule has 0 aliphatic heterocycles. The number of hydrogen-bond donors (Lipinski definition) is 2. The first kappa shape index (κ1) is 13.4. The van der Waals surface area contributed by atoms with Gasteiger partial charge in [0.05, 0.1) is 5.03 Å². The van der Waals surface area contributed by atoms with Crippen LogP contribution >= 0.6 is 11.8 Å². The zero-order chi connectivity index (χ0) is 13.7. The lowest BCUT2D eigenvalue weighted by Gasteiger charge is -2.03. The lowest BCUT2D eigenvalue weighted by atomic mass is 10.2. The van der Waals surface area contributed by atoms with Crippen molar-refractivity contribution in [2.24, 2.45) is 10.9 Å². The van der Waals surface area contributed by atoms with Gasteiger partial charge in [0.15, 0.2) is 5.84 Å². The molecule has 0 saturated carbocycles. The van der Waals surface area contributed by atoms with Gasteiger partial charge in [-0.1, -0.05) is 35.0 Å². The Labute approximate surface area is 116 Å². The molecule has 0 bridgehead atoms. The van der Waals surface area contributed by atoms with Crippen molar-refractivity contribution in [3.63, 3.8) is 0 Å². The van der Waals surface area contributed by atoms with Crippen molar-refractivity contribution < 1.29 is 5.21 Å². The van der Waals surface area contributed by atoms with Gasteiger partial charge in [0.1, 0.15) is 0 Å². The molecule has 2 aromatic rings. The summed E-state index contributed by atoms with van der Waals surface area (Å²) in [6.07, 6.45) is 1.60. The van der Waals surface area contributed by atoms with E-state index in [1.54, 1.807) is 24.0 Å². The summed E-state index contributed by atoms with van der Waals surface area (Å²) in [4.78, 5) is 4.28. The second-order valence-electron chi connectivity index (χ2n) is 4.15. The Kier molecular flexibility index (Phi) is 4.41. The number of aromatic nitrogens is 1. The first-order valence-corrected chi connectivity index (χ1v) is 6.80. The number of hydrogen-bond acceptors (Lipinski definition) is 4. The van der Waals surface area contributed by atoms with Gasteiger partial charge < -0.3 is 10.9 Å². The fourth-order valence-electron chi connectivity index (χ4n) is 1.63. The largest absolute Gasteiger partial charge is 0.409 e. The second-order valence-corrected chi connectivity index (χ2v) is 5.14. The van der Waals surface area contributed by atoms with Crippen LogP contribution in [0.25, 0.3) is 0 Å². The molecule has 4 nitrogen and oxygen atoms in total. The molecule has 3 N–H and O–H groups in total. The van der Waals surface area contributed by atoms with Crippen LogP contribution in [0.1, 0.15) is 16.7 Å². The van der Waals surface area contributed by atoms with Gasteiger partial charge in [0.2, 0.25) is 0 Å². The van der Waals surface area contributed by atoms with Gasteiger partial charge in [-0.2, -0.15) is 0 Å². The number of nitrogens with zero attached hydrogens (tertiary/aromatic N) is 2. The van der Waals surface area contributed by atoms with E-state index in [1.807, 2.05) is 6.07 Å². The Balaban J connectivity index is 2.00. The molecule has 0 fully saturated rings. The lowest BCUT2D eigenvalue weighted by Crippen LogP contribution is -2.13. The maximum absolute atomic E-state index is 8.57. The van der Waals surface area contributed by atoms with Crippen molar-refractivity contribution in [1.82, 2.24) is 4.98 Å². The Morgan fingerprint density at radius 2 is 2.21 bits per heavy atom. The van der Waals surface area contributed by atoms with Crippen LogP contribution in [-0.2, 0) is 5.75 Å². The minimum atomic E-state index is 0.0720. The number of amidine groups is 1. The van der Waals surface area contributed by atoms with Crippen LogP contribution in [0.4, 0.5) is 0 Å². The monoisotopic (exact) mass is 273 g/mol. The van der Waals surface area contributed by atoms with Crippen molar-refractivity contribution in [1.29, 1.82) is 0 Å². The first-order chi connectivity index (χ1) is 9.19. The third kappa shape index (κ3) is 3.72. The van der Waals surface area contributed by atoms with E-state index in [-0.39, 0.29) is 5.84 Å². The molecule has 0 spiro atoms. The molecule has 0 aliphatic carbocycles. The van der Waals surface area contributed by atoms with Crippen LogP contribution in [-0.4, -0.2) is 16.0 Å². The SMILES string of the molecule is Cc1cccc(CSc2ccc(C(N)=NO)cn2)c1. The Hall–Kier alpha value is -2.01. The summed E-state index contributed by atoms with van der Waals surface area (Å²) in [6, 6.07) is 12.1. The summed E-state index contributed by atoms with van der Waals surface area (Å²) in [5, 5.41) is 12.4. The number of aryl methyl sites for hydroxylation is 1. The molecule has 5 heteroatoms. The van der Waals surface area contributed by atoms with E-state index in [0.717, 1.165) is 10.8 Å². The molecule has 0 aliphatic rings. The molecule has 1 aromatic carbocycles. The number of pyridine rings is 1. The molecule has 1 aromatic heterocycles. The van der Waals surface area contributed by atoms with Crippen LogP contribution in [0.15, 0.2) is 52.8 Å². The van der Waals surface area contributed by atoms with Gasteiger partial charge in [-0.05, 0) is 24.6 Å². The number of nitrogens with two attached hydrogens (primary N) is 1. The van der Waals surface area contributed by atoms with Gasteiger partial charge in [-0.3, -0.25) is 0 Å². The van der Waals surface area contributed by atoms with Crippen molar-refractivity contribution >= 4 is 17.6 Å². The summed E-state index contributed by atoms with van der Waals surface area (Å²) in [5.74, 6) is 0.945. The Morgan fingerprint density at radius 3 is 2.84 bits per heavy atom. The molecular formula is C14H15N3OS. The number of rotatable bonds is 4. The molecule has 1 heterocycles. The van der Waals surface area contributed by atoms with Crippen LogP contribution in [0, 0.1) is 6.92 Å². The summed E-state index contributed by atoms with van der Waals surface area (Å²) >= 11 is 1.66. The molecule has 0 amide bonds. The van der Waals surface area contributed by atoms with Gasteiger partial charge in [-0.15, -0.1) is 11.8 Å². The minimum Gasteiger partial charge on any atom is -0.409 e. The Morgan fingerprint density at radius 1 is 1.37 bits per heavy atom. The molecule has 2 rings (SSSR count). The number of benzene rings is 1. The molecule has 0 unspecified atom stereocenters. The zero-order valence-corrected chi connectivity index (χ0v) is 11.4. The van der Waals surface area contributed by atoms with Crippen molar-refractivity contribution in [2.75, 3.05) is 0 Å². The predicted molar refractivity (Wildman–Crippen MR) is 77.5 cm³/mol. The normalized spacial score (nSPS) is 11.5. The van der Waals surface area contributed by atoms with E-state index in [0.29, 0.717) is 5.56 Å². The summed E-state index contributed by atoms with van der Waals surface area (Å²) < 4.78 is 0. The van der Waals surface area contributed by atoms with Crippen LogP contribution in [0.5, 0.6) is 0 Å². The Bertz CT molecular complexity index is 581. The zero-order valence-electron chi connectivity index (χ0n) is 10.6. The number of oxime groups is 1. The van der Waals surface area contributed by atoms with Crippen molar-refractivity contribution in [2.45, 2.75) is 17.7 Å². The fraction of sp³-hybridized carbons (Fsp3) is 0.143.